The van der Waals surface area contributed by atoms with Crippen LogP contribution in [-0.4, -0.2) is 85.3 Å². The predicted octanol–water partition coefficient (Wildman–Crippen LogP) is -0.530. The number of methoxy groups -OCH3 is 1. The lowest BCUT2D eigenvalue weighted by Crippen LogP contribution is -2.60. The summed E-state index contributed by atoms with van der Waals surface area (Å²) in [5.74, 6) is -3.91. The summed E-state index contributed by atoms with van der Waals surface area (Å²) in [6, 6.07) is 4.58. The quantitative estimate of drug-likeness (QED) is 0.209. The molecule has 1 aromatic heterocycles. The van der Waals surface area contributed by atoms with Crippen molar-refractivity contribution in [2.45, 2.75) is 30.7 Å². The van der Waals surface area contributed by atoms with Crippen LogP contribution in [0.3, 0.4) is 0 Å². The number of ether oxygens (including phenoxy) is 3. The number of fused-ring (bicyclic) bond motifs is 1. The molecule has 13 heteroatoms. The van der Waals surface area contributed by atoms with Crippen LogP contribution in [0.2, 0.25) is 0 Å². The van der Waals surface area contributed by atoms with Crippen molar-refractivity contribution in [2.24, 2.45) is 0 Å². The topological polar surface area (TPSA) is 220 Å². The monoisotopic (exact) mass is 494 g/mol. The lowest BCUT2D eigenvalue weighted by molar-refractivity contribution is -0.277. The molecule has 1 saturated heterocycles. The molecule has 13 nitrogen and oxygen atoms in total. The zero-order chi connectivity index (χ0) is 25.6. The molecule has 0 radical (unpaired) electrons. The van der Waals surface area contributed by atoms with Crippen LogP contribution in [0.5, 0.6) is 34.5 Å². The van der Waals surface area contributed by atoms with Gasteiger partial charge in [-0.25, -0.2) is 0 Å². The number of phenolic OH excluding ortho intramolecular Hbond substituents is 4. The van der Waals surface area contributed by atoms with Crippen molar-refractivity contribution in [1.82, 2.24) is 0 Å². The van der Waals surface area contributed by atoms with Gasteiger partial charge in [0, 0.05) is 11.6 Å². The third-order valence-electron chi connectivity index (χ3n) is 5.59. The van der Waals surface area contributed by atoms with Crippen LogP contribution in [-0.2, 0) is 4.74 Å². The van der Waals surface area contributed by atoms with Crippen LogP contribution in [0.1, 0.15) is 0 Å². The SMILES string of the molecule is COc1c(-c2ccc(O)c(O)c2)oc2cc(O[C@H]3O[C@H](CO)[C@@H](O)[C@H](O)[C@H]3O)c(O)c(O)c2c1=O. The molecule has 188 valence electrons. The van der Waals surface area contributed by atoms with Crippen molar-refractivity contribution in [3.8, 4) is 45.8 Å². The van der Waals surface area contributed by atoms with Crippen molar-refractivity contribution in [1.29, 1.82) is 0 Å². The highest BCUT2D eigenvalue weighted by atomic mass is 16.7. The first-order valence-electron chi connectivity index (χ1n) is 10.2. The Hall–Kier alpha value is -3.75. The summed E-state index contributed by atoms with van der Waals surface area (Å²) in [6.45, 7) is -0.725. The molecule has 0 bridgehead atoms. The maximum atomic E-state index is 13.0. The highest BCUT2D eigenvalue weighted by Gasteiger charge is 2.45. The summed E-state index contributed by atoms with van der Waals surface area (Å²) in [7, 11) is 1.16. The molecular formula is C22H22O13. The fraction of sp³-hybridized carbons (Fsp3) is 0.318. The van der Waals surface area contributed by atoms with E-state index in [9.17, 15) is 45.6 Å². The van der Waals surface area contributed by atoms with Gasteiger partial charge in [0.25, 0.3) is 0 Å². The normalized spacial score (nSPS) is 24.4. The molecule has 4 rings (SSSR count). The zero-order valence-corrected chi connectivity index (χ0v) is 18.0. The molecule has 1 aliphatic heterocycles. The van der Waals surface area contributed by atoms with Gasteiger partial charge >= 0.3 is 0 Å². The summed E-state index contributed by atoms with van der Waals surface area (Å²) in [5.41, 5.74) is -1.07. The maximum absolute atomic E-state index is 13.0. The Balaban J connectivity index is 1.84. The van der Waals surface area contributed by atoms with Crippen molar-refractivity contribution in [3.05, 3.63) is 34.5 Å². The summed E-state index contributed by atoms with van der Waals surface area (Å²) in [5, 5.41) is 79.2. The van der Waals surface area contributed by atoms with Gasteiger partial charge in [-0.1, -0.05) is 0 Å². The number of hydrogen-bond acceptors (Lipinski definition) is 13. The standard InChI is InChI=1S/C22H22O13/c1-32-21-17(29)13-10(33-20(21)7-2-3-8(24)9(25)4-7)5-11(14(26)16(13)28)34-22-19(31)18(30)15(27)12(6-23)35-22/h2-5,12,15,18-19,22-28,30-31H,6H2,1H3/t12-,15-,18+,19-,22+/m1/s1. The minimum absolute atomic E-state index is 0.125. The summed E-state index contributed by atoms with van der Waals surface area (Å²) in [6.07, 6.45) is -8.23. The number of aromatic hydroxyl groups is 4. The second-order valence-electron chi connectivity index (χ2n) is 7.76. The lowest BCUT2D eigenvalue weighted by atomic mass is 9.99. The molecule has 35 heavy (non-hydrogen) atoms. The van der Waals surface area contributed by atoms with Crippen LogP contribution in [0.15, 0.2) is 33.5 Å². The Morgan fingerprint density at radius 2 is 1.66 bits per heavy atom. The Kier molecular flexibility index (Phi) is 6.36. The van der Waals surface area contributed by atoms with Gasteiger partial charge in [-0.05, 0) is 18.2 Å². The smallest absolute Gasteiger partial charge is 0.239 e. The number of phenols is 4. The first-order chi connectivity index (χ1) is 16.6. The number of hydrogen-bond donors (Lipinski definition) is 8. The van der Waals surface area contributed by atoms with E-state index >= 15 is 0 Å². The van der Waals surface area contributed by atoms with Gasteiger partial charge in [-0.3, -0.25) is 4.79 Å². The molecule has 5 atom stereocenters. The molecule has 0 saturated carbocycles. The van der Waals surface area contributed by atoms with Gasteiger partial charge in [-0.15, -0.1) is 0 Å². The Labute approximate surface area is 195 Å². The Morgan fingerprint density at radius 3 is 2.29 bits per heavy atom. The third-order valence-corrected chi connectivity index (χ3v) is 5.59. The molecule has 0 amide bonds. The van der Waals surface area contributed by atoms with E-state index in [0.717, 1.165) is 25.3 Å². The van der Waals surface area contributed by atoms with E-state index < -0.39 is 76.9 Å². The van der Waals surface area contributed by atoms with E-state index in [0.29, 0.717) is 0 Å². The van der Waals surface area contributed by atoms with E-state index in [4.69, 9.17) is 18.6 Å². The lowest BCUT2D eigenvalue weighted by Gasteiger charge is -2.39. The van der Waals surface area contributed by atoms with Crippen LogP contribution in [0.25, 0.3) is 22.3 Å². The van der Waals surface area contributed by atoms with Gasteiger partial charge in [0.05, 0.1) is 13.7 Å². The van der Waals surface area contributed by atoms with E-state index in [1.165, 1.54) is 6.07 Å². The average molecular weight is 494 g/mol. The number of rotatable bonds is 5. The molecule has 1 aliphatic rings. The molecule has 2 heterocycles. The molecule has 1 fully saturated rings. The number of aliphatic hydroxyl groups excluding tert-OH is 4. The largest absolute Gasteiger partial charge is 0.504 e. The second kappa shape index (κ2) is 9.13. The third kappa shape index (κ3) is 4.05. The van der Waals surface area contributed by atoms with Crippen molar-refractivity contribution in [3.63, 3.8) is 0 Å². The Bertz CT molecular complexity index is 1320. The van der Waals surface area contributed by atoms with Gasteiger partial charge < -0.3 is 59.5 Å². The van der Waals surface area contributed by atoms with Crippen molar-refractivity contribution in [2.75, 3.05) is 13.7 Å². The van der Waals surface area contributed by atoms with E-state index in [1.54, 1.807) is 0 Å². The predicted molar refractivity (Wildman–Crippen MR) is 116 cm³/mol. The molecule has 2 aromatic carbocycles. The fourth-order valence-corrected chi connectivity index (χ4v) is 3.70. The zero-order valence-electron chi connectivity index (χ0n) is 18.0. The molecule has 0 spiro atoms. The van der Waals surface area contributed by atoms with Crippen molar-refractivity contribution < 1.29 is 59.5 Å². The minimum atomic E-state index is -1.82. The molecule has 0 aliphatic carbocycles. The molecule has 8 N–H and O–H groups in total. The van der Waals surface area contributed by atoms with Crippen molar-refractivity contribution >= 4 is 11.0 Å². The van der Waals surface area contributed by atoms with Crippen LogP contribution in [0.4, 0.5) is 0 Å². The summed E-state index contributed by atoms with van der Waals surface area (Å²) in [4.78, 5) is 13.0. The number of aliphatic hydroxyl groups is 4. The Morgan fingerprint density at radius 1 is 0.943 bits per heavy atom. The fourth-order valence-electron chi connectivity index (χ4n) is 3.70. The molecule has 0 unspecified atom stereocenters. The number of benzene rings is 2. The maximum Gasteiger partial charge on any atom is 0.239 e. The van der Waals surface area contributed by atoms with Crippen LogP contribution >= 0.6 is 0 Å². The van der Waals surface area contributed by atoms with E-state index in [2.05, 4.69) is 0 Å². The summed E-state index contributed by atoms with van der Waals surface area (Å²) < 4.78 is 21.4. The van der Waals surface area contributed by atoms with Gasteiger partial charge in [0.15, 0.2) is 28.8 Å². The average Bonchev–Trinajstić information content (AvgIpc) is 2.83. The van der Waals surface area contributed by atoms with Crippen LogP contribution < -0.4 is 14.9 Å². The highest BCUT2D eigenvalue weighted by Crippen LogP contribution is 2.44. The first kappa shape index (κ1) is 24.4. The molecule has 3 aromatic rings. The van der Waals surface area contributed by atoms with Gasteiger partial charge in [-0.2, -0.15) is 0 Å². The van der Waals surface area contributed by atoms with E-state index in [-0.39, 0.29) is 22.7 Å². The molecular weight excluding hydrogens is 472 g/mol. The van der Waals surface area contributed by atoms with Gasteiger partial charge in [0.2, 0.25) is 23.2 Å². The second-order valence-corrected chi connectivity index (χ2v) is 7.76. The van der Waals surface area contributed by atoms with E-state index in [1.807, 2.05) is 0 Å². The van der Waals surface area contributed by atoms with Crippen LogP contribution in [0, 0.1) is 0 Å². The van der Waals surface area contributed by atoms with Gasteiger partial charge in [0.1, 0.15) is 35.4 Å². The minimum Gasteiger partial charge on any atom is -0.504 e. The summed E-state index contributed by atoms with van der Waals surface area (Å²) >= 11 is 0. The highest BCUT2D eigenvalue weighted by molar-refractivity contribution is 5.91. The first-order valence-corrected chi connectivity index (χ1v) is 10.2.